The third-order valence-corrected chi connectivity index (χ3v) is 3.20. The highest BCUT2D eigenvalue weighted by molar-refractivity contribution is 8.00. The molecule has 0 saturated heterocycles. The Labute approximate surface area is 71.0 Å². The Bertz CT molecular complexity index is 235. The zero-order chi connectivity index (χ0) is 7.68. The molecule has 0 unspecified atom stereocenters. The molecule has 58 valence electrons. The molecule has 2 heteroatoms. The van der Waals surface area contributed by atoms with Crippen LogP contribution in [0.15, 0.2) is 35.2 Å². The quantitative estimate of drug-likeness (QED) is 0.724. The molecule has 1 aromatic carbocycles. The van der Waals surface area contributed by atoms with Crippen molar-refractivity contribution in [2.45, 2.75) is 22.6 Å². The van der Waals surface area contributed by atoms with E-state index in [9.17, 15) is 0 Å². The molecule has 11 heavy (non-hydrogen) atoms. The summed E-state index contributed by atoms with van der Waals surface area (Å²) < 4.78 is 0. The maximum Gasteiger partial charge on any atom is 0.0261 e. The van der Waals surface area contributed by atoms with Gasteiger partial charge in [0.2, 0.25) is 0 Å². The summed E-state index contributed by atoms with van der Waals surface area (Å²) in [6, 6.07) is 10.9. The molecule has 0 spiro atoms. The number of hydrogen-bond acceptors (Lipinski definition) is 2. The average molecular weight is 165 g/mol. The Kier molecular flexibility index (Phi) is 1.88. The zero-order valence-electron chi connectivity index (χ0n) is 6.23. The number of rotatable bonds is 2. The lowest BCUT2D eigenvalue weighted by Crippen LogP contribution is -2.01. The van der Waals surface area contributed by atoms with Crippen molar-refractivity contribution in [1.29, 1.82) is 0 Å². The summed E-state index contributed by atoms with van der Waals surface area (Å²) in [6.45, 7) is 0. The van der Waals surface area contributed by atoms with Gasteiger partial charge in [0, 0.05) is 16.2 Å². The van der Waals surface area contributed by atoms with Gasteiger partial charge in [0.05, 0.1) is 0 Å². The third kappa shape index (κ3) is 1.76. The third-order valence-electron chi connectivity index (χ3n) is 1.81. The van der Waals surface area contributed by atoms with Crippen LogP contribution in [0.5, 0.6) is 0 Å². The van der Waals surface area contributed by atoms with E-state index in [1.165, 1.54) is 11.3 Å². The lowest BCUT2D eigenvalue weighted by atomic mass is 10.4. The first-order valence-electron chi connectivity index (χ1n) is 3.83. The van der Waals surface area contributed by atoms with Gasteiger partial charge in [-0.2, -0.15) is 0 Å². The fourth-order valence-corrected chi connectivity index (χ4v) is 2.16. The molecule has 1 aliphatic carbocycles. The Balaban J connectivity index is 1.97. The van der Waals surface area contributed by atoms with Crippen LogP contribution in [-0.2, 0) is 0 Å². The normalized spacial score (nSPS) is 28.5. The standard InChI is InChI=1S/C9H11NS/c10-8-6-9(8)11-7-4-2-1-3-5-7/h1-5,8-9H,6,10H2/t8-,9-/m1/s1. The molecule has 0 aromatic heterocycles. The molecule has 1 aliphatic rings. The highest BCUT2D eigenvalue weighted by atomic mass is 32.2. The van der Waals surface area contributed by atoms with Crippen LogP contribution in [0.4, 0.5) is 0 Å². The van der Waals surface area contributed by atoms with Crippen molar-refractivity contribution in [2.75, 3.05) is 0 Å². The minimum atomic E-state index is 0.445. The molecule has 0 aliphatic heterocycles. The Morgan fingerprint density at radius 2 is 1.91 bits per heavy atom. The largest absolute Gasteiger partial charge is 0.327 e. The van der Waals surface area contributed by atoms with Gasteiger partial charge in [0.25, 0.3) is 0 Å². The van der Waals surface area contributed by atoms with Gasteiger partial charge in [-0.25, -0.2) is 0 Å². The van der Waals surface area contributed by atoms with Crippen molar-refractivity contribution < 1.29 is 0 Å². The molecular weight excluding hydrogens is 154 g/mol. The van der Waals surface area contributed by atoms with Crippen LogP contribution in [-0.4, -0.2) is 11.3 Å². The minimum Gasteiger partial charge on any atom is -0.327 e. The average Bonchev–Trinajstić information content (AvgIpc) is 2.69. The molecule has 2 rings (SSSR count). The Hall–Kier alpha value is -0.470. The fourth-order valence-electron chi connectivity index (χ4n) is 0.999. The van der Waals surface area contributed by atoms with E-state index in [2.05, 4.69) is 24.3 Å². The molecule has 0 amide bonds. The summed E-state index contributed by atoms with van der Waals surface area (Å²) in [4.78, 5) is 1.34. The monoisotopic (exact) mass is 165 g/mol. The van der Waals surface area contributed by atoms with Crippen molar-refractivity contribution in [3.05, 3.63) is 30.3 Å². The molecule has 0 heterocycles. The summed E-state index contributed by atoms with van der Waals surface area (Å²) in [5.74, 6) is 0. The molecule has 2 atom stereocenters. The summed E-state index contributed by atoms with van der Waals surface area (Å²) in [7, 11) is 0. The first-order chi connectivity index (χ1) is 5.36. The van der Waals surface area contributed by atoms with E-state index in [0.29, 0.717) is 11.3 Å². The number of thioether (sulfide) groups is 1. The van der Waals surface area contributed by atoms with Crippen LogP contribution in [0.2, 0.25) is 0 Å². The van der Waals surface area contributed by atoms with Gasteiger partial charge in [0.15, 0.2) is 0 Å². The van der Waals surface area contributed by atoms with E-state index >= 15 is 0 Å². The number of benzene rings is 1. The smallest absolute Gasteiger partial charge is 0.0261 e. The number of hydrogen-bond donors (Lipinski definition) is 1. The van der Waals surface area contributed by atoms with Crippen molar-refractivity contribution in [2.24, 2.45) is 5.73 Å². The molecule has 1 nitrogen and oxygen atoms in total. The van der Waals surface area contributed by atoms with Gasteiger partial charge < -0.3 is 5.73 Å². The summed E-state index contributed by atoms with van der Waals surface area (Å²) >= 11 is 1.89. The predicted molar refractivity (Wildman–Crippen MR) is 48.7 cm³/mol. The first-order valence-corrected chi connectivity index (χ1v) is 4.71. The lowest BCUT2D eigenvalue weighted by molar-refractivity contribution is 1.07. The van der Waals surface area contributed by atoms with Crippen LogP contribution >= 0.6 is 11.8 Å². The first kappa shape index (κ1) is 7.19. The summed E-state index contributed by atoms with van der Waals surface area (Å²) in [5, 5.41) is 0.678. The van der Waals surface area contributed by atoms with Gasteiger partial charge >= 0.3 is 0 Å². The lowest BCUT2D eigenvalue weighted by Gasteiger charge is -1.96. The van der Waals surface area contributed by atoms with Crippen molar-refractivity contribution >= 4 is 11.8 Å². The van der Waals surface area contributed by atoms with Crippen molar-refractivity contribution in [3.8, 4) is 0 Å². The van der Waals surface area contributed by atoms with Crippen molar-refractivity contribution in [1.82, 2.24) is 0 Å². The minimum absolute atomic E-state index is 0.445. The van der Waals surface area contributed by atoms with Gasteiger partial charge in [0.1, 0.15) is 0 Å². The second-order valence-electron chi connectivity index (χ2n) is 2.87. The molecule has 2 N–H and O–H groups in total. The van der Waals surface area contributed by atoms with E-state index in [1.54, 1.807) is 0 Å². The van der Waals surface area contributed by atoms with E-state index in [-0.39, 0.29) is 0 Å². The second kappa shape index (κ2) is 2.88. The van der Waals surface area contributed by atoms with Crippen molar-refractivity contribution in [3.63, 3.8) is 0 Å². The van der Waals surface area contributed by atoms with Crippen LogP contribution < -0.4 is 5.73 Å². The van der Waals surface area contributed by atoms with Crippen LogP contribution in [0, 0.1) is 0 Å². The second-order valence-corrected chi connectivity index (χ2v) is 4.18. The maximum atomic E-state index is 5.69. The highest BCUT2D eigenvalue weighted by Gasteiger charge is 2.33. The van der Waals surface area contributed by atoms with E-state index in [0.717, 1.165) is 0 Å². The van der Waals surface area contributed by atoms with Gasteiger partial charge in [-0.05, 0) is 18.6 Å². The van der Waals surface area contributed by atoms with Crippen LogP contribution in [0.25, 0.3) is 0 Å². The Morgan fingerprint density at radius 1 is 1.27 bits per heavy atom. The summed E-state index contributed by atoms with van der Waals surface area (Å²) in [5.41, 5.74) is 5.69. The Morgan fingerprint density at radius 3 is 2.45 bits per heavy atom. The van der Waals surface area contributed by atoms with E-state index < -0.39 is 0 Å². The molecule has 0 bridgehead atoms. The topological polar surface area (TPSA) is 26.0 Å². The number of nitrogens with two attached hydrogens (primary N) is 1. The molecule has 1 saturated carbocycles. The highest BCUT2D eigenvalue weighted by Crippen LogP contribution is 2.37. The molecule has 1 fully saturated rings. The predicted octanol–water partition coefficient (Wildman–Crippen LogP) is 1.88. The SMILES string of the molecule is N[C@@H]1C[C@H]1Sc1ccccc1. The summed E-state index contributed by atoms with van der Waals surface area (Å²) in [6.07, 6.45) is 1.18. The van der Waals surface area contributed by atoms with Gasteiger partial charge in [-0.15, -0.1) is 11.8 Å². The molecule has 1 aromatic rings. The van der Waals surface area contributed by atoms with E-state index in [4.69, 9.17) is 5.73 Å². The molecular formula is C9H11NS. The van der Waals surface area contributed by atoms with Crippen LogP contribution in [0.1, 0.15) is 6.42 Å². The van der Waals surface area contributed by atoms with Gasteiger partial charge in [-0.3, -0.25) is 0 Å². The zero-order valence-corrected chi connectivity index (χ0v) is 7.05. The van der Waals surface area contributed by atoms with Gasteiger partial charge in [-0.1, -0.05) is 18.2 Å². The van der Waals surface area contributed by atoms with Crippen LogP contribution in [0.3, 0.4) is 0 Å². The fraction of sp³-hybridized carbons (Fsp3) is 0.333. The molecule has 0 radical (unpaired) electrons. The maximum absolute atomic E-state index is 5.69. The van der Waals surface area contributed by atoms with E-state index in [1.807, 2.05) is 17.8 Å².